The molecular formula is C22H20BrNO3. The van der Waals surface area contributed by atoms with Crippen LogP contribution in [-0.2, 0) is 4.79 Å². The number of benzene rings is 2. The van der Waals surface area contributed by atoms with Crippen LogP contribution < -0.4 is 10.7 Å². The molecule has 1 aliphatic rings. The molecule has 0 unspecified atom stereocenters. The van der Waals surface area contributed by atoms with Crippen molar-refractivity contribution >= 4 is 38.7 Å². The second kappa shape index (κ2) is 7.69. The standard InChI is InChI=1S/C22H20BrNO3/c23-16-12-10-14(11-13-16)19-20(25)17-8-4-5-9-18(17)27-22(19)24-21(26)15-6-2-1-3-7-15/h4-5,8-13,15H,1-3,6-7H2,(H,24,26). The number of rotatable bonds is 3. The van der Waals surface area contributed by atoms with Crippen LogP contribution in [-0.4, -0.2) is 5.91 Å². The first-order valence-corrected chi connectivity index (χ1v) is 10.1. The van der Waals surface area contributed by atoms with Crippen molar-refractivity contribution in [2.24, 2.45) is 5.92 Å². The molecular weight excluding hydrogens is 406 g/mol. The first-order valence-electron chi connectivity index (χ1n) is 9.26. The molecule has 0 radical (unpaired) electrons. The Kier molecular flexibility index (Phi) is 5.12. The highest BCUT2D eigenvalue weighted by atomic mass is 79.9. The largest absolute Gasteiger partial charge is 0.439 e. The van der Waals surface area contributed by atoms with Crippen LogP contribution in [0.1, 0.15) is 32.1 Å². The molecule has 1 aliphatic carbocycles. The summed E-state index contributed by atoms with van der Waals surface area (Å²) < 4.78 is 6.90. The summed E-state index contributed by atoms with van der Waals surface area (Å²) in [7, 11) is 0. The van der Waals surface area contributed by atoms with Gasteiger partial charge in [-0.2, -0.15) is 0 Å². The summed E-state index contributed by atoms with van der Waals surface area (Å²) in [6.45, 7) is 0. The summed E-state index contributed by atoms with van der Waals surface area (Å²) in [5, 5.41) is 3.41. The average Bonchev–Trinajstić information content (AvgIpc) is 2.70. The lowest BCUT2D eigenvalue weighted by Crippen LogP contribution is -2.26. The minimum atomic E-state index is -0.141. The third kappa shape index (κ3) is 3.69. The van der Waals surface area contributed by atoms with E-state index in [2.05, 4.69) is 21.2 Å². The molecule has 4 nitrogen and oxygen atoms in total. The van der Waals surface area contributed by atoms with Gasteiger partial charge in [-0.15, -0.1) is 0 Å². The van der Waals surface area contributed by atoms with Crippen LogP contribution in [0, 0.1) is 5.92 Å². The molecule has 27 heavy (non-hydrogen) atoms. The van der Waals surface area contributed by atoms with E-state index in [1.54, 1.807) is 12.1 Å². The highest BCUT2D eigenvalue weighted by molar-refractivity contribution is 9.10. The van der Waals surface area contributed by atoms with Crippen LogP contribution in [0.2, 0.25) is 0 Å². The van der Waals surface area contributed by atoms with E-state index in [4.69, 9.17) is 4.42 Å². The third-order valence-corrected chi connectivity index (χ3v) is 5.67. The van der Waals surface area contributed by atoms with E-state index >= 15 is 0 Å². The summed E-state index contributed by atoms with van der Waals surface area (Å²) in [5.74, 6) is 0.149. The predicted molar refractivity (Wildman–Crippen MR) is 111 cm³/mol. The van der Waals surface area contributed by atoms with Crippen LogP contribution >= 0.6 is 15.9 Å². The van der Waals surface area contributed by atoms with Gasteiger partial charge >= 0.3 is 0 Å². The normalized spacial score (nSPS) is 15.0. The lowest BCUT2D eigenvalue weighted by Gasteiger charge is -2.21. The van der Waals surface area contributed by atoms with Crippen molar-refractivity contribution in [1.29, 1.82) is 0 Å². The number of hydrogen-bond donors (Lipinski definition) is 1. The Morgan fingerprint density at radius 1 is 1.00 bits per heavy atom. The molecule has 0 saturated heterocycles. The summed E-state index contributed by atoms with van der Waals surface area (Å²) in [6, 6.07) is 14.6. The minimum Gasteiger partial charge on any atom is -0.439 e. The summed E-state index contributed by atoms with van der Waals surface area (Å²) in [4.78, 5) is 25.9. The maximum absolute atomic E-state index is 13.2. The number of halogens is 1. The Morgan fingerprint density at radius 2 is 1.70 bits per heavy atom. The van der Waals surface area contributed by atoms with E-state index in [0.717, 1.165) is 35.7 Å². The molecule has 0 bridgehead atoms. The van der Waals surface area contributed by atoms with Crippen LogP contribution in [0.5, 0.6) is 0 Å². The number of nitrogens with one attached hydrogen (secondary N) is 1. The van der Waals surface area contributed by atoms with Crippen molar-refractivity contribution in [2.45, 2.75) is 32.1 Å². The van der Waals surface area contributed by atoms with Crippen LogP contribution in [0.4, 0.5) is 5.88 Å². The quantitative estimate of drug-likeness (QED) is 0.581. The van der Waals surface area contributed by atoms with Gasteiger partial charge in [-0.05, 0) is 42.7 Å². The fourth-order valence-electron chi connectivity index (χ4n) is 3.69. The number of anilines is 1. The van der Waals surface area contributed by atoms with Gasteiger partial charge in [0, 0.05) is 10.4 Å². The lowest BCUT2D eigenvalue weighted by atomic mass is 9.88. The molecule has 1 N–H and O–H groups in total. The van der Waals surface area contributed by atoms with E-state index in [1.165, 1.54) is 6.42 Å². The fourth-order valence-corrected chi connectivity index (χ4v) is 3.95. The van der Waals surface area contributed by atoms with E-state index in [9.17, 15) is 9.59 Å². The summed E-state index contributed by atoms with van der Waals surface area (Å²) >= 11 is 3.42. The van der Waals surface area contributed by atoms with Crippen molar-refractivity contribution in [1.82, 2.24) is 0 Å². The average molecular weight is 426 g/mol. The van der Waals surface area contributed by atoms with Gasteiger partial charge in [0.25, 0.3) is 0 Å². The molecule has 138 valence electrons. The molecule has 0 atom stereocenters. The molecule has 3 aromatic rings. The fraction of sp³-hybridized carbons (Fsp3) is 0.273. The number of para-hydroxylation sites is 1. The van der Waals surface area contributed by atoms with Crippen molar-refractivity contribution < 1.29 is 9.21 Å². The van der Waals surface area contributed by atoms with Crippen LogP contribution in [0.15, 0.2) is 62.2 Å². The van der Waals surface area contributed by atoms with E-state index in [1.807, 2.05) is 36.4 Å². The smallest absolute Gasteiger partial charge is 0.229 e. The third-order valence-electron chi connectivity index (χ3n) is 5.14. The molecule has 5 heteroatoms. The Labute approximate surface area is 165 Å². The van der Waals surface area contributed by atoms with Gasteiger partial charge in [0.1, 0.15) is 5.58 Å². The van der Waals surface area contributed by atoms with Gasteiger partial charge in [0.2, 0.25) is 17.2 Å². The number of carbonyl (C=O) groups excluding carboxylic acids is 1. The highest BCUT2D eigenvalue weighted by Crippen LogP contribution is 2.31. The molecule has 1 heterocycles. The highest BCUT2D eigenvalue weighted by Gasteiger charge is 2.24. The molecule has 0 spiro atoms. The van der Waals surface area contributed by atoms with E-state index in [0.29, 0.717) is 16.5 Å². The van der Waals surface area contributed by atoms with Crippen LogP contribution in [0.3, 0.4) is 0 Å². The molecule has 1 fully saturated rings. The molecule has 2 aromatic carbocycles. The predicted octanol–water partition coefficient (Wildman–Crippen LogP) is 5.74. The summed E-state index contributed by atoms with van der Waals surface area (Å²) in [5.41, 5.74) is 1.45. The number of amides is 1. The number of hydrogen-bond acceptors (Lipinski definition) is 3. The zero-order valence-electron chi connectivity index (χ0n) is 14.8. The zero-order valence-corrected chi connectivity index (χ0v) is 16.4. The second-order valence-corrected chi connectivity index (χ2v) is 7.88. The molecule has 1 amide bonds. The molecule has 1 aromatic heterocycles. The Hall–Kier alpha value is -2.40. The molecule has 1 saturated carbocycles. The summed E-state index contributed by atoms with van der Waals surface area (Å²) in [6.07, 6.45) is 5.09. The van der Waals surface area contributed by atoms with Gasteiger partial charge in [-0.25, -0.2) is 0 Å². The van der Waals surface area contributed by atoms with E-state index < -0.39 is 0 Å². The maximum atomic E-state index is 13.2. The van der Waals surface area contributed by atoms with Gasteiger partial charge in [-0.1, -0.05) is 59.5 Å². The minimum absolute atomic E-state index is 0.0201. The number of carbonyl (C=O) groups is 1. The van der Waals surface area contributed by atoms with Gasteiger partial charge < -0.3 is 4.42 Å². The second-order valence-electron chi connectivity index (χ2n) is 6.96. The Bertz CT molecular complexity index is 1030. The molecule has 4 rings (SSSR count). The topological polar surface area (TPSA) is 59.3 Å². The first-order chi connectivity index (χ1) is 13.1. The molecule has 0 aliphatic heterocycles. The van der Waals surface area contributed by atoms with Crippen molar-refractivity contribution in [3.63, 3.8) is 0 Å². The van der Waals surface area contributed by atoms with Crippen molar-refractivity contribution in [3.05, 3.63) is 63.2 Å². The van der Waals surface area contributed by atoms with Crippen LogP contribution in [0.25, 0.3) is 22.1 Å². The SMILES string of the molecule is O=C(Nc1oc2ccccc2c(=O)c1-c1ccc(Br)cc1)C1CCCCC1. The van der Waals surface area contributed by atoms with Gasteiger partial charge in [0.15, 0.2) is 0 Å². The zero-order chi connectivity index (χ0) is 18.8. The maximum Gasteiger partial charge on any atom is 0.229 e. The Balaban J connectivity index is 1.82. The Morgan fingerprint density at radius 3 is 2.44 bits per heavy atom. The number of fused-ring (bicyclic) bond motifs is 1. The van der Waals surface area contributed by atoms with Gasteiger partial charge in [0.05, 0.1) is 10.9 Å². The van der Waals surface area contributed by atoms with Gasteiger partial charge in [-0.3, -0.25) is 14.9 Å². The van der Waals surface area contributed by atoms with Crippen molar-refractivity contribution in [2.75, 3.05) is 5.32 Å². The van der Waals surface area contributed by atoms with Crippen molar-refractivity contribution in [3.8, 4) is 11.1 Å². The monoisotopic (exact) mass is 425 g/mol. The van der Waals surface area contributed by atoms with E-state index in [-0.39, 0.29) is 23.1 Å². The first kappa shape index (κ1) is 18.0. The lowest BCUT2D eigenvalue weighted by molar-refractivity contribution is -0.120.